The van der Waals surface area contributed by atoms with Gasteiger partial charge in [0.25, 0.3) is 0 Å². The molecule has 0 bridgehead atoms. The van der Waals surface area contributed by atoms with E-state index in [1.165, 1.54) is 4.90 Å². The number of hydrogen-bond acceptors (Lipinski definition) is 3. The van der Waals surface area contributed by atoms with Gasteiger partial charge in [0.05, 0.1) is 25.4 Å². The Morgan fingerprint density at radius 3 is 2.61 bits per heavy atom. The van der Waals surface area contributed by atoms with E-state index in [4.69, 9.17) is 4.74 Å². The molecule has 1 atom stereocenters. The zero-order valence-electron chi connectivity index (χ0n) is 18.6. The highest BCUT2D eigenvalue weighted by molar-refractivity contribution is 7.98. The molecule has 3 aromatic carbocycles. The lowest BCUT2D eigenvalue weighted by Crippen LogP contribution is -2.37. The van der Waals surface area contributed by atoms with E-state index in [1.807, 2.05) is 47.4 Å². The largest absolute Gasteiger partial charge is 0.497 e. The summed E-state index contributed by atoms with van der Waals surface area (Å²) in [6.07, 6.45) is 4.14. The molecule has 0 saturated heterocycles. The molecule has 0 fully saturated rings. The van der Waals surface area contributed by atoms with Crippen molar-refractivity contribution < 1.29 is 9.53 Å². The molecule has 1 aliphatic heterocycles. The molecule has 0 saturated carbocycles. The summed E-state index contributed by atoms with van der Waals surface area (Å²) in [7, 11) is 1.62. The van der Waals surface area contributed by atoms with Crippen LogP contribution in [-0.2, 0) is 6.54 Å². The van der Waals surface area contributed by atoms with Crippen molar-refractivity contribution in [3.8, 4) is 11.4 Å². The number of aromatic nitrogens is 1. The number of methoxy groups -OCH3 is 1. The van der Waals surface area contributed by atoms with Crippen molar-refractivity contribution in [1.29, 1.82) is 0 Å². The molecule has 0 radical (unpaired) electrons. The van der Waals surface area contributed by atoms with Gasteiger partial charge in [-0.15, -0.1) is 11.8 Å². The van der Waals surface area contributed by atoms with Crippen LogP contribution in [0.2, 0.25) is 0 Å². The summed E-state index contributed by atoms with van der Waals surface area (Å²) >= 11 is 1.71. The lowest BCUT2D eigenvalue weighted by Gasteiger charge is -2.31. The first-order valence-corrected chi connectivity index (χ1v) is 12.0. The summed E-state index contributed by atoms with van der Waals surface area (Å²) in [5, 5.41) is 3.08. The molecule has 1 aliphatic rings. The normalized spacial score (nSPS) is 14.7. The first kappa shape index (κ1) is 21.2. The molecular weight excluding hydrogens is 430 g/mol. The smallest absolute Gasteiger partial charge is 0.322 e. The van der Waals surface area contributed by atoms with E-state index in [9.17, 15) is 4.79 Å². The molecule has 5 rings (SSSR count). The number of carbonyl (C=O) groups excluding carboxylic acids is 1. The van der Waals surface area contributed by atoms with Crippen LogP contribution in [0.3, 0.4) is 0 Å². The van der Waals surface area contributed by atoms with Gasteiger partial charge in [-0.05, 0) is 59.8 Å². The quantitative estimate of drug-likeness (QED) is 0.365. The second-order valence-corrected chi connectivity index (χ2v) is 8.78. The van der Waals surface area contributed by atoms with E-state index in [0.717, 1.165) is 22.5 Å². The third kappa shape index (κ3) is 4.10. The Morgan fingerprint density at radius 2 is 1.82 bits per heavy atom. The summed E-state index contributed by atoms with van der Waals surface area (Å²) in [5.74, 6) is 0.701. The minimum atomic E-state index is -0.242. The molecule has 0 spiro atoms. The zero-order valence-corrected chi connectivity index (χ0v) is 19.4. The summed E-state index contributed by atoms with van der Waals surface area (Å²) < 4.78 is 7.52. The second-order valence-electron chi connectivity index (χ2n) is 7.90. The fourth-order valence-electron chi connectivity index (χ4n) is 4.37. The van der Waals surface area contributed by atoms with Crippen LogP contribution in [0.5, 0.6) is 5.75 Å². The number of para-hydroxylation sites is 1. The van der Waals surface area contributed by atoms with Crippen molar-refractivity contribution >= 4 is 23.5 Å². The molecule has 33 heavy (non-hydrogen) atoms. The number of carbonyl (C=O) groups is 1. The van der Waals surface area contributed by atoms with E-state index in [0.29, 0.717) is 18.0 Å². The molecule has 0 aliphatic carbocycles. The molecule has 166 valence electrons. The van der Waals surface area contributed by atoms with Gasteiger partial charge in [0.1, 0.15) is 5.75 Å². The van der Waals surface area contributed by atoms with Crippen LogP contribution < -0.4 is 10.1 Å². The Bertz CT molecular complexity index is 1280. The number of ether oxygens (including phenoxy) is 1. The van der Waals surface area contributed by atoms with Gasteiger partial charge in [0.15, 0.2) is 0 Å². The Balaban J connectivity index is 1.60. The molecule has 1 aromatic heterocycles. The van der Waals surface area contributed by atoms with E-state index in [2.05, 4.69) is 64.8 Å². The first-order valence-electron chi connectivity index (χ1n) is 10.8. The number of thioether (sulfide) groups is 1. The van der Waals surface area contributed by atoms with Gasteiger partial charge < -0.3 is 19.5 Å². The van der Waals surface area contributed by atoms with E-state index < -0.39 is 0 Å². The van der Waals surface area contributed by atoms with Crippen LogP contribution in [0.1, 0.15) is 22.9 Å². The number of urea groups is 1. The van der Waals surface area contributed by atoms with Crippen LogP contribution in [-0.4, -0.2) is 28.9 Å². The monoisotopic (exact) mass is 455 g/mol. The van der Waals surface area contributed by atoms with Crippen LogP contribution in [0.4, 0.5) is 10.5 Å². The second kappa shape index (κ2) is 9.08. The highest BCUT2D eigenvalue weighted by Crippen LogP contribution is 2.37. The van der Waals surface area contributed by atoms with Gasteiger partial charge in [-0.25, -0.2) is 4.79 Å². The standard InChI is InChI=1S/C27H25N3O2S/c1-32-22-9-5-8-21(17-22)28-27(31)30-18-20-7-3-4-10-24(20)29-16-6-11-25(29)26(30)19-12-14-23(33-2)15-13-19/h3-17,26H,18H2,1-2H3,(H,28,31)/t26-/m0/s1. The number of rotatable bonds is 4. The van der Waals surface area contributed by atoms with Crippen molar-refractivity contribution in [2.75, 3.05) is 18.7 Å². The Kier molecular flexibility index (Phi) is 5.84. The fourth-order valence-corrected chi connectivity index (χ4v) is 4.78. The molecule has 2 heterocycles. The van der Waals surface area contributed by atoms with Gasteiger partial charge in [-0.2, -0.15) is 0 Å². The molecule has 0 unspecified atom stereocenters. The topological polar surface area (TPSA) is 46.5 Å². The maximum absolute atomic E-state index is 13.7. The zero-order chi connectivity index (χ0) is 22.8. The number of nitrogens with one attached hydrogen (secondary N) is 1. The lowest BCUT2D eigenvalue weighted by molar-refractivity contribution is 0.194. The molecular formula is C27H25N3O2S. The predicted octanol–water partition coefficient (Wildman–Crippen LogP) is 6.34. The number of anilines is 1. The summed E-state index contributed by atoms with van der Waals surface area (Å²) in [6, 6.07) is 27.9. The van der Waals surface area contributed by atoms with Crippen molar-refractivity contribution in [2.45, 2.75) is 17.5 Å². The number of hydrogen-bond donors (Lipinski definition) is 1. The van der Waals surface area contributed by atoms with Crippen LogP contribution in [0, 0.1) is 0 Å². The fraction of sp³-hybridized carbons (Fsp3) is 0.148. The highest BCUT2D eigenvalue weighted by atomic mass is 32.2. The van der Waals surface area contributed by atoms with E-state index in [1.54, 1.807) is 18.9 Å². The third-order valence-electron chi connectivity index (χ3n) is 5.98. The lowest BCUT2D eigenvalue weighted by atomic mass is 10.0. The summed E-state index contributed by atoms with van der Waals surface area (Å²) in [4.78, 5) is 16.8. The number of amides is 2. The van der Waals surface area contributed by atoms with Crippen molar-refractivity contribution in [3.63, 3.8) is 0 Å². The Labute approximate surface area is 198 Å². The van der Waals surface area contributed by atoms with Gasteiger partial charge in [0, 0.05) is 28.5 Å². The highest BCUT2D eigenvalue weighted by Gasteiger charge is 2.33. The molecule has 1 N–H and O–H groups in total. The minimum Gasteiger partial charge on any atom is -0.497 e. The maximum Gasteiger partial charge on any atom is 0.322 e. The first-order chi connectivity index (χ1) is 16.2. The van der Waals surface area contributed by atoms with Gasteiger partial charge in [-0.1, -0.05) is 36.4 Å². The SMILES string of the molecule is COc1cccc(NC(=O)N2Cc3ccccc3-n3cccc3[C@@H]2c2ccc(SC)cc2)c1. The third-order valence-corrected chi connectivity index (χ3v) is 6.72. The minimum absolute atomic E-state index is 0.161. The maximum atomic E-state index is 13.7. The average molecular weight is 456 g/mol. The van der Waals surface area contributed by atoms with E-state index in [-0.39, 0.29) is 12.1 Å². The molecule has 2 amide bonds. The summed E-state index contributed by atoms with van der Waals surface area (Å²) in [6.45, 7) is 0.489. The van der Waals surface area contributed by atoms with Gasteiger partial charge in [-0.3, -0.25) is 0 Å². The summed E-state index contributed by atoms with van der Waals surface area (Å²) in [5.41, 5.74) is 5.02. The van der Waals surface area contributed by atoms with E-state index >= 15 is 0 Å². The average Bonchev–Trinajstić information content (AvgIpc) is 3.28. The molecule has 5 nitrogen and oxygen atoms in total. The number of nitrogens with zero attached hydrogens (tertiary/aromatic N) is 2. The van der Waals surface area contributed by atoms with Crippen LogP contribution in [0.25, 0.3) is 5.69 Å². The Morgan fingerprint density at radius 1 is 1.00 bits per heavy atom. The van der Waals surface area contributed by atoms with Crippen LogP contribution in [0.15, 0.2) is 96.0 Å². The number of fused-ring (bicyclic) bond motifs is 3. The number of benzene rings is 3. The molecule has 6 heteroatoms. The van der Waals surface area contributed by atoms with Gasteiger partial charge in [0.2, 0.25) is 0 Å². The van der Waals surface area contributed by atoms with Crippen molar-refractivity contribution in [3.05, 3.63) is 108 Å². The molecule has 4 aromatic rings. The predicted molar refractivity (Wildman–Crippen MR) is 133 cm³/mol. The van der Waals surface area contributed by atoms with Crippen LogP contribution >= 0.6 is 11.8 Å². The van der Waals surface area contributed by atoms with Crippen molar-refractivity contribution in [1.82, 2.24) is 9.47 Å². The van der Waals surface area contributed by atoms with Crippen molar-refractivity contribution in [2.24, 2.45) is 0 Å². The Hall–Kier alpha value is -3.64. The van der Waals surface area contributed by atoms with Gasteiger partial charge >= 0.3 is 6.03 Å².